The lowest BCUT2D eigenvalue weighted by atomic mass is 9.37. The average Bonchev–Trinajstić information content (AvgIpc) is 1.57. The van der Waals surface area contributed by atoms with E-state index < -0.39 is 15.3 Å². The van der Waals surface area contributed by atoms with Crippen LogP contribution in [0, 0.1) is 22.7 Å². The van der Waals surface area contributed by atoms with E-state index >= 15 is 0 Å². The molecule has 0 radical (unpaired) electrons. The number of nitrogens with zero attached hydrogens (tertiary/aromatic N) is 3. The van der Waals surface area contributed by atoms with Gasteiger partial charge in [-0.25, -0.2) is 8.42 Å². The van der Waals surface area contributed by atoms with Gasteiger partial charge in [-0.05, 0) is 162 Å². The van der Waals surface area contributed by atoms with Crippen molar-refractivity contribution in [3.63, 3.8) is 0 Å². The van der Waals surface area contributed by atoms with E-state index in [0.29, 0.717) is 11.1 Å². The number of hydrogen-bond donors (Lipinski definition) is 0. The second-order valence-corrected chi connectivity index (χ2v) is 31.3. The Labute approximate surface area is 552 Å². The number of benzene rings is 11. The third-order valence-corrected chi connectivity index (χ3v) is 21.5. The van der Waals surface area contributed by atoms with Crippen molar-refractivity contribution < 1.29 is 8.42 Å². The molecule has 5 nitrogen and oxygen atoms in total. The van der Waals surface area contributed by atoms with Gasteiger partial charge >= 0.3 is 0 Å². The Balaban J connectivity index is 0.794. The molecular weight excluding hydrogens is 1150 g/mol. The van der Waals surface area contributed by atoms with Gasteiger partial charge in [0.15, 0.2) is 0 Å². The number of rotatable bonds is 12. The van der Waals surface area contributed by atoms with Crippen LogP contribution in [0.4, 0.5) is 17.1 Å². The maximum Gasteiger partial charge on any atom is 0.241 e. The molecule has 0 unspecified atom stereocenters. The molecule has 0 atom stereocenters. The molecule has 1 spiro atoms. The minimum Gasteiger partial charge on any atom is -0.310 e. The van der Waals surface area contributed by atoms with E-state index in [1.807, 2.05) is 48.5 Å². The molecule has 1 aliphatic heterocycles. The second-order valence-electron chi connectivity index (χ2n) is 29.3. The third kappa shape index (κ3) is 11.2. The summed E-state index contributed by atoms with van der Waals surface area (Å²) in [4.78, 5) is 2.89. The summed E-state index contributed by atoms with van der Waals surface area (Å²) in [5.41, 5.74) is 22.4. The van der Waals surface area contributed by atoms with E-state index in [-0.39, 0.29) is 44.9 Å². The highest BCUT2D eigenvalue weighted by atomic mass is 32.2. The maximum absolute atomic E-state index is 14.7. The molecule has 13 rings (SSSR count). The van der Waals surface area contributed by atoms with Gasteiger partial charge in [0.1, 0.15) is 0 Å². The van der Waals surface area contributed by atoms with Crippen LogP contribution in [0.1, 0.15) is 137 Å². The Morgan fingerprint density at radius 3 is 1.08 bits per heavy atom. The predicted molar refractivity (Wildman–Crippen MR) is 388 cm³/mol. The lowest BCUT2D eigenvalue weighted by Gasteiger charge is -2.45. The van der Waals surface area contributed by atoms with E-state index in [2.05, 4.69) is 275 Å². The van der Waals surface area contributed by atoms with Gasteiger partial charge in [-0.15, -0.1) is 0 Å². The van der Waals surface area contributed by atoms with E-state index in [9.17, 15) is 18.9 Å². The van der Waals surface area contributed by atoms with Crippen LogP contribution in [0.25, 0.3) is 11.1 Å². The first-order chi connectivity index (χ1) is 44.4. The SMILES string of the molecule is CC(C)(C)c1ccc(B(c2ccc(C(C)(C)C)cc2)c2ccc(S(=O)(=O)c3ccc(B(c4ccc(C(C)(C)C)cc4)c4ccc(C(C)(C)Cc5cccc(N6c7ccccc7C7(c8cc(C#N)ccc8-c8ccc(C#N)cc87)c7ccccc76)c5)cc4)cc3)cc2)cc1. The monoisotopic (exact) mass is 1230 g/mol. The normalized spacial score (nSPS) is 13.3. The zero-order valence-corrected chi connectivity index (χ0v) is 56.0. The lowest BCUT2D eigenvalue weighted by Crippen LogP contribution is -2.52. The second kappa shape index (κ2) is 23.4. The van der Waals surface area contributed by atoms with Crippen molar-refractivity contribution in [2.45, 2.75) is 119 Å². The lowest BCUT2D eigenvalue weighted by molar-refractivity contribution is 0.522. The molecule has 0 aromatic heterocycles. The first kappa shape index (κ1) is 62.1. The van der Waals surface area contributed by atoms with Crippen LogP contribution < -0.4 is 37.7 Å². The topological polar surface area (TPSA) is 85.0 Å². The number of nitriles is 2. The van der Waals surface area contributed by atoms with Crippen LogP contribution in [0.2, 0.25) is 0 Å². The molecule has 0 saturated heterocycles. The highest BCUT2D eigenvalue weighted by Gasteiger charge is 2.52. The molecule has 11 aromatic rings. The van der Waals surface area contributed by atoms with E-state index in [4.69, 9.17) is 0 Å². The first-order valence-corrected chi connectivity index (χ1v) is 33.9. The van der Waals surface area contributed by atoms with Crippen molar-refractivity contribution in [3.05, 3.63) is 316 Å². The van der Waals surface area contributed by atoms with Gasteiger partial charge in [-0.2, -0.15) is 10.5 Å². The third-order valence-electron chi connectivity index (χ3n) is 19.7. The van der Waals surface area contributed by atoms with Crippen molar-refractivity contribution in [2.75, 3.05) is 4.90 Å². The molecule has 456 valence electrons. The standard InChI is InChI=1S/C85H77B2N3O2S/c1-81(2,3)60-25-33-64(34-26-60)86(65-35-27-61(28-36-65)82(4,5)6)68-41-45-71(46-42-68)93(91,92)72-47-43-69(44-48-72)87(66-37-29-62(30-38-66)83(7,8)9)67-39-31-63(32-40-67)84(10,11)54-57-17-16-18-70(51-57)90-79-21-14-12-19-75(79)85(76-20-13-15-22-80(76)90)77-52-58(55-88)23-49-73(77)74-50-24-59(56-89)53-78(74)85/h12-53H,54H2,1-11H3. The fourth-order valence-corrected chi connectivity index (χ4v) is 15.9. The van der Waals surface area contributed by atoms with Crippen LogP contribution >= 0.6 is 0 Å². The summed E-state index contributed by atoms with van der Waals surface area (Å²) in [7, 11) is -3.88. The Morgan fingerprint density at radius 2 is 0.720 bits per heavy atom. The van der Waals surface area contributed by atoms with Crippen LogP contribution in [0.3, 0.4) is 0 Å². The molecule has 2 aliphatic rings. The van der Waals surface area contributed by atoms with Gasteiger partial charge in [0.2, 0.25) is 23.3 Å². The van der Waals surface area contributed by atoms with Gasteiger partial charge < -0.3 is 4.90 Å². The highest BCUT2D eigenvalue weighted by Crippen LogP contribution is 2.63. The molecule has 8 heteroatoms. The minimum atomic E-state index is -3.88. The molecule has 93 heavy (non-hydrogen) atoms. The summed E-state index contributed by atoms with van der Waals surface area (Å²) >= 11 is 0. The zero-order valence-electron chi connectivity index (χ0n) is 55.2. The number of anilines is 3. The van der Waals surface area contributed by atoms with Gasteiger partial charge in [-0.1, -0.05) is 291 Å². The summed E-state index contributed by atoms with van der Waals surface area (Å²) in [5, 5.41) is 20.6. The predicted octanol–water partition coefficient (Wildman–Crippen LogP) is 15.9. The van der Waals surface area contributed by atoms with Crippen molar-refractivity contribution in [3.8, 4) is 23.3 Å². The molecule has 11 aromatic carbocycles. The molecule has 1 heterocycles. The van der Waals surface area contributed by atoms with Crippen molar-refractivity contribution >= 4 is 73.1 Å². The molecule has 0 saturated carbocycles. The summed E-state index contributed by atoms with van der Waals surface area (Å²) in [5.74, 6) is 0. The van der Waals surface area contributed by atoms with Crippen LogP contribution in [-0.4, -0.2) is 21.8 Å². The van der Waals surface area contributed by atoms with Crippen molar-refractivity contribution in [1.82, 2.24) is 0 Å². The number of para-hydroxylation sites is 2. The molecular formula is C85H77B2N3O2S. The summed E-state index contributed by atoms with van der Waals surface area (Å²) in [6, 6.07) is 93.8. The molecule has 0 fully saturated rings. The van der Waals surface area contributed by atoms with Crippen LogP contribution in [0.5, 0.6) is 0 Å². The minimum absolute atomic E-state index is 0.0152. The van der Waals surface area contributed by atoms with Crippen molar-refractivity contribution in [2.24, 2.45) is 0 Å². The smallest absolute Gasteiger partial charge is 0.241 e. The van der Waals surface area contributed by atoms with Gasteiger partial charge in [0, 0.05) is 5.69 Å². The highest BCUT2D eigenvalue weighted by molar-refractivity contribution is 7.91. The van der Waals surface area contributed by atoms with Gasteiger partial charge in [0.25, 0.3) is 0 Å². The molecule has 0 bridgehead atoms. The molecule has 0 amide bonds. The van der Waals surface area contributed by atoms with Crippen molar-refractivity contribution in [1.29, 1.82) is 10.5 Å². The van der Waals surface area contributed by atoms with E-state index in [1.54, 1.807) is 24.3 Å². The summed E-state index contributed by atoms with van der Waals surface area (Å²) in [6.07, 6.45) is 0.768. The largest absolute Gasteiger partial charge is 0.310 e. The van der Waals surface area contributed by atoms with Crippen LogP contribution in [0.15, 0.2) is 265 Å². The summed E-state index contributed by atoms with van der Waals surface area (Å²) in [6.45, 7) is 24.4. The maximum atomic E-state index is 14.7. The number of sulfone groups is 1. The van der Waals surface area contributed by atoms with Gasteiger partial charge in [-0.3, -0.25) is 0 Å². The summed E-state index contributed by atoms with van der Waals surface area (Å²) < 4.78 is 29.3. The number of fused-ring (bicyclic) bond motifs is 9. The van der Waals surface area contributed by atoms with E-state index in [0.717, 1.165) is 89.6 Å². The quantitative estimate of drug-likeness (QED) is 0.114. The molecule has 0 N–H and O–H groups in total. The Kier molecular flexibility index (Phi) is 15.7. The average molecular weight is 1230 g/mol. The fourth-order valence-electron chi connectivity index (χ4n) is 14.6. The Bertz CT molecular complexity index is 4700. The fraction of sp³-hybridized carbons (Fsp3) is 0.200. The Morgan fingerprint density at radius 1 is 0.376 bits per heavy atom. The van der Waals surface area contributed by atoms with Crippen LogP contribution in [-0.2, 0) is 43.3 Å². The zero-order chi connectivity index (χ0) is 65.4. The molecule has 1 aliphatic carbocycles. The first-order valence-electron chi connectivity index (χ1n) is 32.4. The Hall–Kier alpha value is -9.72. The van der Waals surface area contributed by atoms with E-state index in [1.165, 1.54) is 27.8 Å². The van der Waals surface area contributed by atoms with Gasteiger partial charge in [0.05, 0.1) is 49.8 Å². The number of hydrogen-bond acceptors (Lipinski definition) is 5.